The maximum absolute atomic E-state index is 13.4. The van der Waals surface area contributed by atoms with Crippen molar-refractivity contribution in [1.29, 1.82) is 0 Å². The van der Waals surface area contributed by atoms with Gasteiger partial charge in [0.15, 0.2) is 4.34 Å². The molecule has 10 nitrogen and oxygen atoms in total. The Bertz CT molecular complexity index is 1330. The molecule has 3 rings (SSSR count). The number of thiophene rings is 1. The smallest absolute Gasteiger partial charge is 0.348 e. The van der Waals surface area contributed by atoms with Crippen LogP contribution < -0.4 is 10.6 Å². The second-order valence-corrected chi connectivity index (χ2v) is 10.9. The van der Waals surface area contributed by atoms with Crippen LogP contribution in [0.2, 0.25) is 0 Å². The van der Waals surface area contributed by atoms with E-state index in [4.69, 9.17) is 9.47 Å². The van der Waals surface area contributed by atoms with Crippen LogP contribution in [-0.2, 0) is 14.3 Å². The van der Waals surface area contributed by atoms with Gasteiger partial charge in [0.2, 0.25) is 11.0 Å². The van der Waals surface area contributed by atoms with E-state index >= 15 is 0 Å². The molecule has 0 aliphatic rings. The molecule has 3 aromatic rings. The summed E-state index contributed by atoms with van der Waals surface area (Å²) in [5, 5.41) is 12.8. The summed E-state index contributed by atoms with van der Waals surface area (Å²) in [5.41, 5.74) is 0.585. The largest absolute Gasteiger partial charge is 0.462 e. The Morgan fingerprint density at radius 2 is 1.76 bits per heavy atom. The van der Waals surface area contributed by atoms with Crippen LogP contribution in [0.1, 0.15) is 56.7 Å². The molecule has 0 radical (unpaired) electrons. The molecule has 2 N–H and O–H groups in total. The topological polar surface area (TPSA) is 137 Å². The molecule has 0 fully saturated rings. The number of halogens is 1. The lowest BCUT2D eigenvalue weighted by atomic mass is 10.1. The summed E-state index contributed by atoms with van der Waals surface area (Å²) in [6.45, 7) is 6.82. The van der Waals surface area contributed by atoms with Crippen molar-refractivity contribution in [2.45, 2.75) is 37.3 Å². The Morgan fingerprint density at radius 3 is 2.43 bits per heavy atom. The number of benzene rings is 1. The SMILES string of the molecule is CCOC(=O)c1sc(NC(=O)C(C)Sc2nnc(NC(=O)c3cccc(F)c3)s2)c(C(=O)OCC)c1C. The van der Waals surface area contributed by atoms with Crippen molar-refractivity contribution in [3.8, 4) is 0 Å². The van der Waals surface area contributed by atoms with Gasteiger partial charge < -0.3 is 14.8 Å². The Balaban J connectivity index is 1.70. The van der Waals surface area contributed by atoms with E-state index < -0.39 is 34.8 Å². The number of carbonyl (C=O) groups excluding carboxylic acids is 4. The highest BCUT2D eigenvalue weighted by molar-refractivity contribution is 8.02. The fraction of sp³-hybridized carbons (Fsp3) is 0.304. The molecule has 0 bridgehead atoms. The maximum Gasteiger partial charge on any atom is 0.348 e. The van der Waals surface area contributed by atoms with E-state index in [1.165, 1.54) is 18.2 Å². The van der Waals surface area contributed by atoms with Crippen molar-refractivity contribution in [2.75, 3.05) is 23.8 Å². The van der Waals surface area contributed by atoms with Gasteiger partial charge >= 0.3 is 11.9 Å². The van der Waals surface area contributed by atoms with Gasteiger partial charge in [-0.05, 0) is 51.5 Å². The van der Waals surface area contributed by atoms with E-state index in [1.807, 2.05) is 0 Å². The Labute approximate surface area is 224 Å². The Hall–Kier alpha value is -3.36. The standard InChI is InChI=1S/C23H23FN4O6S3/c1-5-33-20(31)15-11(3)16(21(32)34-6-2)36-19(15)25-17(29)12(4)35-23-28-27-22(37-23)26-18(30)13-8-7-9-14(24)10-13/h7-10,12H,5-6H2,1-4H3,(H,25,29)(H,26,27,30). The fourth-order valence-electron chi connectivity index (χ4n) is 2.97. The van der Waals surface area contributed by atoms with Gasteiger partial charge in [0, 0.05) is 5.56 Å². The molecular weight excluding hydrogens is 543 g/mol. The quantitative estimate of drug-likeness (QED) is 0.202. The minimum atomic E-state index is -0.678. The first-order valence-corrected chi connectivity index (χ1v) is 13.5. The van der Waals surface area contributed by atoms with Gasteiger partial charge in [-0.3, -0.25) is 14.9 Å². The molecule has 0 spiro atoms. The summed E-state index contributed by atoms with van der Waals surface area (Å²) < 4.78 is 23.9. The van der Waals surface area contributed by atoms with Crippen LogP contribution >= 0.6 is 34.4 Å². The molecule has 196 valence electrons. The summed E-state index contributed by atoms with van der Waals surface area (Å²) in [7, 11) is 0. The predicted octanol–water partition coefficient (Wildman–Crippen LogP) is 4.77. The van der Waals surface area contributed by atoms with Gasteiger partial charge in [0.1, 0.15) is 15.7 Å². The van der Waals surface area contributed by atoms with Crippen LogP contribution in [0.3, 0.4) is 0 Å². The molecule has 0 aliphatic heterocycles. The van der Waals surface area contributed by atoms with E-state index in [9.17, 15) is 23.6 Å². The molecule has 2 amide bonds. The van der Waals surface area contributed by atoms with Crippen molar-refractivity contribution in [1.82, 2.24) is 10.2 Å². The molecule has 37 heavy (non-hydrogen) atoms. The molecule has 14 heteroatoms. The number of carbonyl (C=O) groups is 4. The van der Waals surface area contributed by atoms with E-state index in [2.05, 4.69) is 20.8 Å². The average molecular weight is 567 g/mol. The number of rotatable bonds is 10. The highest BCUT2D eigenvalue weighted by Gasteiger charge is 2.28. The molecule has 0 saturated carbocycles. The first-order chi connectivity index (χ1) is 17.6. The van der Waals surface area contributed by atoms with Crippen molar-refractivity contribution in [3.63, 3.8) is 0 Å². The molecule has 1 aromatic carbocycles. The number of esters is 2. The highest BCUT2D eigenvalue weighted by Crippen LogP contribution is 2.36. The number of nitrogens with zero attached hydrogens (tertiary/aromatic N) is 2. The van der Waals surface area contributed by atoms with Crippen LogP contribution in [0.15, 0.2) is 28.6 Å². The van der Waals surface area contributed by atoms with Crippen LogP contribution in [0.4, 0.5) is 14.5 Å². The summed E-state index contributed by atoms with van der Waals surface area (Å²) in [6.07, 6.45) is 0. The molecule has 0 saturated heterocycles. The second-order valence-electron chi connectivity index (χ2n) is 7.29. The number of thioether (sulfide) groups is 1. The average Bonchev–Trinajstić information content (AvgIpc) is 3.42. The second kappa shape index (κ2) is 12.7. The lowest BCUT2D eigenvalue weighted by Crippen LogP contribution is -2.23. The summed E-state index contributed by atoms with van der Waals surface area (Å²) in [6, 6.07) is 5.21. The number of nitrogens with one attached hydrogen (secondary N) is 2. The first kappa shape index (κ1) is 28.2. The zero-order valence-electron chi connectivity index (χ0n) is 20.2. The van der Waals surface area contributed by atoms with Gasteiger partial charge in [-0.25, -0.2) is 14.0 Å². The number of anilines is 2. The van der Waals surface area contributed by atoms with Gasteiger partial charge in [-0.15, -0.1) is 21.5 Å². The number of hydrogen-bond acceptors (Lipinski definition) is 11. The van der Waals surface area contributed by atoms with Gasteiger partial charge in [-0.2, -0.15) is 0 Å². The zero-order chi connectivity index (χ0) is 27.1. The lowest BCUT2D eigenvalue weighted by Gasteiger charge is -2.10. The number of aromatic nitrogens is 2. The monoisotopic (exact) mass is 566 g/mol. The van der Waals surface area contributed by atoms with Gasteiger partial charge in [0.25, 0.3) is 5.91 Å². The number of ether oxygens (including phenoxy) is 2. The summed E-state index contributed by atoms with van der Waals surface area (Å²) in [4.78, 5) is 50.3. The fourth-order valence-corrected chi connectivity index (χ4v) is 5.95. The minimum absolute atomic E-state index is 0.0960. The van der Waals surface area contributed by atoms with Gasteiger partial charge in [-0.1, -0.05) is 29.2 Å². The first-order valence-electron chi connectivity index (χ1n) is 11.0. The van der Waals surface area contributed by atoms with Crippen molar-refractivity contribution >= 4 is 68.3 Å². The Kier molecular flexibility index (Phi) is 9.72. The lowest BCUT2D eigenvalue weighted by molar-refractivity contribution is -0.115. The number of hydrogen-bond donors (Lipinski definition) is 2. The van der Waals surface area contributed by atoms with Crippen LogP contribution in [0.25, 0.3) is 0 Å². The van der Waals surface area contributed by atoms with Gasteiger partial charge in [0.05, 0.1) is 24.0 Å². The molecular formula is C23H23FN4O6S3. The molecule has 2 heterocycles. The maximum atomic E-state index is 13.4. The third kappa shape index (κ3) is 7.11. The summed E-state index contributed by atoms with van der Waals surface area (Å²) in [5.74, 6) is -2.80. The highest BCUT2D eigenvalue weighted by atomic mass is 32.2. The predicted molar refractivity (Wildman–Crippen MR) is 139 cm³/mol. The minimum Gasteiger partial charge on any atom is -0.462 e. The third-order valence-electron chi connectivity index (χ3n) is 4.68. The molecule has 1 unspecified atom stereocenters. The third-order valence-corrected chi connectivity index (χ3v) is 7.89. The normalized spacial score (nSPS) is 11.5. The van der Waals surface area contributed by atoms with E-state index in [-0.39, 0.29) is 39.4 Å². The molecule has 1 atom stereocenters. The zero-order valence-corrected chi connectivity index (χ0v) is 22.7. The van der Waals surface area contributed by atoms with E-state index in [0.717, 1.165) is 40.5 Å². The van der Waals surface area contributed by atoms with Crippen molar-refractivity contribution < 1.29 is 33.0 Å². The molecule has 0 aliphatic carbocycles. The van der Waals surface area contributed by atoms with E-state index in [1.54, 1.807) is 27.7 Å². The van der Waals surface area contributed by atoms with Crippen LogP contribution in [0.5, 0.6) is 0 Å². The van der Waals surface area contributed by atoms with Crippen molar-refractivity contribution in [3.05, 3.63) is 51.7 Å². The van der Waals surface area contributed by atoms with Crippen LogP contribution in [-0.4, -0.2) is 52.4 Å². The number of amides is 2. The molecule has 2 aromatic heterocycles. The Morgan fingerprint density at radius 1 is 1.05 bits per heavy atom. The van der Waals surface area contributed by atoms with E-state index in [0.29, 0.717) is 9.90 Å². The van der Waals surface area contributed by atoms with Crippen LogP contribution in [0, 0.1) is 12.7 Å². The summed E-state index contributed by atoms with van der Waals surface area (Å²) >= 11 is 3.06. The van der Waals surface area contributed by atoms with Crippen molar-refractivity contribution in [2.24, 2.45) is 0 Å².